The van der Waals surface area contributed by atoms with Crippen molar-refractivity contribution in [2.75, 3.05) is 0 Å². The van der Waals surface area contributed by atoms with Crippen LogP contribution in [0.25, 0.3) is 0 Å². The minimum atomic E-state index is -0.187. The predicted molar refractivity (Wildman–Crippen MR) is 57.9 cm³/mol. The number of fused-ring (bicyclic) bond motifs is 2. The average molecular weight is 200 g/mol. The number of hydrogen-bond acceptors (Lipinski definition) is 2. The molecule has 0 aliphatic heterocycles. The molecule has 3 saturated carbocycles. The molecule has 1 N–H and O–H groups in total. The Morgan fingerprint density at radius 3 is 2.38 bits per heavy atom. The third kappa shape index (κ3) is 1.25. The fourth-order valence-corrected chi connectivity index (χ4v) is 4.20. The maximum absolute atomic E-state index is 9.73. The summed E-state index contributed by atoms with van der Waals surface area (Å²) in [5, 5.41) is 10.2. The van der Waals surface area contributed by atoms with Gasteiger partial charge < -0.3 is 5.11 Å². The first-order chi connectivity index (χ1) is 5.94. The third-order valence-electron chi connectivity index (χ3n) is 4.54. The maximum atomic E-state index is 9.73. The van der Waals surface area contributed by atoms with E-state index in [4.69, 9.17) is 0 Å². The fourth-order valence-electron chi connectivity index (χ4n) is 3.48. The van der Waals surface area contributed by atoms with Gasteiger partial charge in [0.2, 0.25) is 0 Å². The molecule has 0 aromatic rings. The summed E-state index contributed by atoms with van der Waals surface area (Å²) in [5.74, 6) is 1.98. The summed E-state index contributed by atoms with van der Waals surface area (Å²) >= 11 is 4.60. The lowest BCUT2D eigenvalue weighted by Crippen LogP contribution is -2.58. The molecule has 3 fully saturated rings. The molecule has 0 spiro atoms. The van der Waals surface area contributed by atoms with Crippen LogP contribution in [0.3, 0.4) is 0 Å². The number of aliphatic hydroxyl groups is 1. The van der Waals surface area contributed by atoms with Gasteiger partial charge in [-0.3, -0.25) is 0 Å². The van der Waals surface area contributed by atoms with Gasteiger partial charge >= 0.3 is 0 Å². The monoisotopic (exact) mass is 200 g/mol. The first-order valence-electron chi connectivity index (χ1n) is 5.30. The molecule has 5 atom stereocenters. The number of thiol groups is 1. The summed E-state index contributed by atoms with van der Waals surface area (Å²) in [7, 11) is 0. The van der Waals surface area contributed by atoms with E-state index in [9.17, 15) is 5.11 Å². The Kier molecular flexibility index (Phi) is 2.20. The molecular weight excluding hydrogens is 180 g/mol. The molecule has 13 heavy (non-hydrogen) atoms. The van der Waals surface area contributed by atoms with E-state index in [1.165, 1.54) is 12.8 Å². The summed E-state index contributed by atoms with van der Waals surface area (Å²) in [6, 6.07) is 0. The van der Waals surface area contributed by atoms with Crippen LogP contribution < -0.4 is 0 Å². The Labute approximate surface area is 86.3 Å². The molecule has 2 heteroatoms. The normalized spacial score (nSPS) is 49.6. The van der Waals surface area contributed by atoms with E-state index in [-0.39, 0.29) is 6.10 Å². The van der Waals surface area contributed by atoms with Crippen molar-refractivity contribution in [2.24, 2.45) is 23.2 Å². The highest BCUT2D eigenvalue weighted by Gasteiger charge is 2.57. The minimum Gasteiger partial charge on any atom is -0.393 e. The maximum Gasteiger partial charge on any atom is 0.0553 e. The van der Waals surface area contributed by atoms with Gasteiger partial charge in [0.25, 0.3) is 0 Å². The van der Waals surface area contributed by atoms with E-state index in [2.05, 4.69) is 26.5 Å². The van der Waals surface area contributed by atoms with E-state index >= 15 is 0 Å². The average Bonchev–Trinajstić information content (AvgIpc) is 2.03. The summed E-state index contributed by atoms with van der Waals surface area (Å²) in [6.07, 6.45) is 2.33. The van der Waals surface area contributed by atoms with Crippen LogP contribution in [0.4, 0.5) is 0 Å². The zero-order valence-corrected chi connectivity index (χ0v) is 9.59. The summed E-state index contributed by atoms with van der Waals surface area (Å²) in [5.41, 5.74) is 0.459. The lowest BCUT2D eigenvalue weighted by atomic mass is 9.45. The van der Waals surface area contributed by atoms with Crippen LogP contribution in [-0.2, 0) is 0 Å². The summed E-state index contributed by atoms with van der Waals surface area (Å²) < 4.78 is 0. The molecule has 1 nitrogen and oxygen atoms in total. The van der Waals surface area contributed by atoms with Gasteiger partial charge in [-0.25, -0.2) is 0 Å². The Morgan fingerprint density at radius 2 is 2.00 bits per heavy atom. The first-order valence-corrected chi connectivity index (χ1v) is 5.82. The molecule has 1 unspecified atom stereocenters. The van der Waals surface area contributed by atoms with Crippen LogP contribution in [0.2, 0.25) is 0 Å². The van der Waals surface area contributed by atoms with E-state index in [1.807, 2.05) is 6.92 Å². The zero-order chi connectivity index (χ0) is 9.80. The molecule has 3 rings (SSSR count). The lowest BCUT2D eigenvalue weighted by Gasteiger charge is -2.62. The highest BCUT2D eigenvalue weighted by atomic mass is 32.1. The van der Waals surface area contributed by atoms with Crippen LogP contribution in [0.5, 0.6) is 0 Å². The van der Waals surface area contributed by atoms with Crippen LogP contribution in [0.1, 0.15) is 33.6 Å². The molecule has 76 valence electrons. The second-order valence-corrected chi connectivity index (χ2v) is 6.14. The van der Waals surface area contributed by atoms with E-state index in [0.29, 0.717) is 22.5 Å². The molecule has 0 amide bonds. The summed E-state index contributed by atoms with van der Waals surface area (Å²) in [4.78, 5) is 0. The Hall–Kier alpha value is 0.310. The van der Waals surface area contributed by atoms with E-state index in [1.54, 1.807) is 0 Å². The first kappa shape index (κ1) is 9.85. The molecular formula is C11H20OS. The smallest absolute Gasteiger partial charge is 0.0553 e. The molecule has 0 aromatic heterocycles. The van der Waals surface area contributed by atoms with Crippen molar-refractivity contribution in [3.05, 3.63) is 0 Å². The fraction of sp³-hybridized carbons (Fsp3) is 1.00. The number of rotatable bonds is 1. The summed E-state index contributed by atoms with van der Waals surface area (Å²) in [6.45, 7) is 6.62. The SMILES string of the molecule is CC(O)[C@@H]1[C@@H](S)C[C@H]2C[C@@H]1C2(C)C. The molecule has 3 aliphatic carbocycles. The molecule has 0 radical (unpaired) electrons. The number of aliphatic hydroxyl groups excluding tert-OH is 1. The third-order valence-corrected chi connectivity index (χ3v) is 5.09. The van der Waals surface area contributed by atoms with Crippen molar-refractivity contribution in [3.8, 4) is 0 Å². The Morgan fingerprint density at radius 1 is 1.38 bits per heavy atom. The largest absolute Gasteiger partial charge is 0.393 e. The molecule has 2 bridgehead atoms. The molecule has 3 aliphatic rings. The molecule has 0 saturated heterocycles. The quantitative estimate of drug-likeness (QED) is 0.623. The van der Waals surface area contributed by atoms with Crippen LogP contribution in [-0.4, -0.2) is 16.5 Å². The van der Waals surface area contributed by atoms with Gasteiger partial charge in [-0.1, -0.05) is 13.8 Å². The zero-order valence-electron chi connectivity index (χ0n) is 8.70. The van der Waals surface area contributed by atoms with Crippen molar-refractivity contribution in [2.45, 2.75) is 45.0 Å². The van der Waals surface area contributed by atoms with Crippen molar-refractivity contribution in [3.63, 3.8) is 0 Å². The van der Waals surface area contributed by atoms with Gasteiger partial charge in [-0.15, -0.1) is 0 Å². The van der Waals surface area contributed by atoms with Gasteiger partial charge in [0.1, 0.15) is 0 Å². The van der Waals surface area contributed by atoms with Crippen LogP contribution in [0.15, 0.2) is 0 Å². The van der Waals surface area contributed by atoms with Crippen molar-refractivity contribution >= 4 is 12.6 Å². The molecule has 0 heterocycles. The minimum absolute atomic E-state index is 0.187. The highest BCUT2D eigenvalue weighted by Crippen LogP contribution is 2.62. The lowest BCUT2D eigenvalue weighted by molar-refractivity contribution is -0.129. The van der Waals surface area contributed by atoms with Crippen LogP contribution in [0, 0.1) is 23.2 Å². The van der Waals surface area contributed by atoms with Crippen molar-refractivity contribution in [1.29, 1.82) is 0 Å². The topological polar surface area (TPSA) is 20.2 Å². The van der Waals surface area contributed by atoms with Crippen molar-refractivity contribution < 1.29 is 5.11 Å². The molecule has 0 aromatic carbocycles. The van der Waals surface area contributed by atoms with Gasteiger partial charge in [-0.05, 0) is 42.9 Å². The highest BCUT2D eigenvalue weighted by molar-refractivity contribution is 7.81. The second-order valence-electron chi connectivity index (χ2n) is 5.48. The van der Waals surface area contributed by atoms with Crippen molar-refractivity contribution in [1.82, 2.24) is 0 Å². The van der Waals surface area contributed by atoms with Gasteiger partial charge in [0, 0.05) is 5.25 Å². The van der Waals surface area contributed by atoms with Crippen LogP contribution >= 0.6 is 12.6 Å². The van der Waals surface area contributed by atoms with Gasteiger partial charge in [0.05, 0.1) is 6.10 Å². The van der Waals surface area contributed by atoms with E-state index in [0.717, 1.165) is 5.92 Å². The van der Waals surface area contributed by atoms with E-state index < -0.39 is 0 Å². The standard InChI is InChI=1S/C11H20OS/c1-6(12)10-8-4-7(5-9(10)13)11(8,2)3/h6-10,12-13H,4-5H2,1-3H3/t6?,7-,8+,9+,10+/m1/s1. The Balaban J connectivity index is 2.18. The Bertz CT molecular complexity index is 212. The second kappa shape index (κ2) is 2.90. The van der Waals surface area contributed by atoms with Gasteiger partial charge in [-0.2, -0.15) is 12.6 Å². The van der Waals surface area contributed by atoms with Gasteiger partial charge in [0.15, 0.2) is 0 Å². The predicted octanol–water partition coefficient (Wildman–Crippen LogP) is 2.35. The number of hydrogen-bond donors (Lipinski definition) is 2.